The third kappa shape index (κ3) is 2.59. The lowest BCUT2D eigenvalue weighted by molar-refractivity contribution is 1.29. The number of nitrogens with zero attached hydrogens (tertiary/aromatic N) is 2. The zero-order chi connectivity index (χ0) is 14.1. The summed E-state index contributed by atoms with van der Waals surface area (Å²) in [4.78, 5) is 5.47. The van der Waals surface area contributed by atoms with Crippen molar-refractivity contribution < 1.29 is 0 Å². The average Bonchev–Trinajstić information content (AvgIpc) is 2.82. The van der Waals surface area contributed by atoms with E-state index in [2.05, 4.69) is 11.1 Å². The molecule has 2 aromatic carbocycles. The van der Waals surface area contributed by atoms with Crippen LogP contribution in [0.2, 0.25) is 5.02 Å². The summed E-state index contributed by atoms with van der Waals surface area (Å²) in [5, 5.41) is 9.67. The van der Waals surface area contributed by atoms with Gasteiger partial charge in [-0.1, -0.05) is 23.4 Å². The molecule has 0 spiro atoms. The summed E-state index contributed by atoms with van der Waals surface area (Å²) in [6.45, 7) is 0. The summed E-state index contributed by atoms with van der Waals surface area (Å²) in [6, 6.07) is 13.2. The molecule has 0 fully saturated rings. The van der Waals surface area contributed by atoms with Crippen LogP contribution in [0, 0.1) is 11.3 Å². The number of thiazole rings is 1. The van der Waals surface area contributed by atoms with Gasteiger partial charge < -0.3 is 5.73 Å². The van der Waals surface area contributed by atoms with Crippen LogP contribution in [0.25, 0.3) is 10.2 Å². The van der Waals surface area contributed by atoms with E-state index in [1.54, 1.807) is 23.5 Å². The number of halogens is 1. The highest BCUT2D eigenvalue weighted by atomic mass is 35.5. The first kappa shape index (κ1) is 13.3. The van der Waals surface area contributed by atoms with Gasteiger partial charge in [-0.05, 0) is 36.4 Å². The van der Waals surface area contributed by atoms with Gasteiger partial charge in [0.2, 0.25) is 0 Å². The number of hydrogen-bond donors (Lipinski definition) is 1. The third-order valence-electron chi connectivity index (χ3n) is 2.68. The molecule has 0 radical (unpaired) electrons. The van der Waals surface area contributed by atoms with Gasteiger partial charge in [-0.3, -0.25) is 0 Å². The summed E-state index contributed by atoms with van der Waals surface area (Å²) in [5.41, 5.74) is 7.58. The van der Waals surface area contributed by atoms with Crippen molar-refractivity contribution in [1.82, 2.24) is 4.98 Å². The standard InChI is InChI=1S/C14H8ClN3S2/c15-9-1-4-13-12(6-9)18-14(20-13)19-10-2-3-11(17)8(5-10)7-16/h1-6H,17H2. The van der Waals surface area contributed by atoms with Crippen LogP contribution in [0.3, 0.4) is 0 Å². The van der Waals surface area contributed by atoms with Crippen LogP contribution in [-0.4, -0.2) is 4.98 Å². The van der Waals surface area contributed by atoms with Crippen LogP contribution in [0.4, 0.5) is 5.69 Å². The Morgan fingerprint density at radius 1 is 1.25 bits per heavy atom. The lowest BCUT2D eigenvalue weighted by Crippen LogP contribution is -1.89. The number of hydrogen-bond acceptors (Lipinski definition) is 5. The average molecular weight is 318 g/mol. The Kier molecular flexibility index (Phi) is 3.53. The second-order valence-electron chi connectivity index (χ2n) is 4.05. The predicted molar refractivity (Wildman–Crippen MR) is 84.3 cm³/mol. The number of nitrogens with two attached hydrogens (primary N) is 1. The maximum Gasteiger partial charge on any atom is 0.155 e. The molecule has 0 saturated heterocycles. The van der Waals surface area contributed by atoms with E-state index in [-0.39, 0.29) is 0 Å². The van der Waals surface area contributed by atoms with Crippen LogP contribution in [0.5, 0.6) is 0 Å². The minimum absolute atomic E-state index is 0.485. The van der Waals surface area contributed by atoms with Gasteiger partial charge in [0.25, 0.3) is 0 Å². The maximum absolute atomic E-state index is 8.99. The molecule has 2 N–H and O–H groups in total. The Hall–Kier alpha value is -1.74. The van der Waals surface area contributed by atoms with Gasteiger partial charge in [0.1, 0.15) is 6.07 Å². The van der Waals surface area contributed by atoms with E-state index in [0.29, 0.717) is 16.3 Å². The molecule has 98 valence electrons. The van der Waals surface area contributed by atoms with E-state index in [1.165, 1.54) is 11.8 Å². The molecule has 0 aliphatic rings. The topological polar surface area (TPSA) is 62.7 Å². The van der Waals surface area contributed by atoms with Crippen molar-refractivity contribution in [3.8, 4) is 6.07 Å². The number of fused-ring (bicyclic) bond motifs is 1. The molecule has 3 rings (SSSR count). The fourth-order valence-corrected chi connectivity index (χ4v) is 3.95. The van der Waals surface area contributed by atoms with E-state index in [0.717, 1.165) is 19.5 Å². The summed E-state index contributed by atoms with van der Waals surface area (Å²) in [5.74, 6) is 0. The molecule has 0 aliphatic carbocycles. The number of anilines is 1. The van der Waals surface area contributed by atoms with E-state index in [4.69, 9.17) is 22.6 Å². The number of benzene rings is 2. The lowest BCUT2D eigenvalue weighted by Gasteiger charge is -2.00. The first-order chi connectivity index (χ1) is 9.65. The normalized spacial score (nSPS) is 10.6. The van der Waals surface area contributed by atoms with Crippen LogP contribution in [-0.2, 0) is 0 Å². The second kappa shape index (κ2) is 5.33. The monoisotopic (exact) mass is 317 g/mol. The molecule has 20 heavy (non-hydrogen) atoms. The van der Waals surface area contributed by atoms with Gasteiger partial charge >= 0.3 is 0 Å². The molecule has 1 heterocycles. The molecule has 0 unspecified atom stereocenters. The van der Waals surface area contributed by atoms with Gasteiger partial charge in [-0.25, -0.2) is 4.98 Å². The minimum Gasteiger partial charge on any atom is -0.398 e. The van der Waals surface area contributed by atoms with Gasteiger partial charge in [0.05, 0.1) is 15.8 Å². The Morgan fingerprint density at radius 2 is 2.10 bits per heavy atom. The lowest BCUT2D eigenvalue weighted by atomic mass is 10.2. The van der Waals surface area contributed by atoms with Crippen molar-refractivity contribution >= 4 is 50.6 Å². The van der Waals surface area contributed by atoms with Crippen molar-refractivity contribution in [2.45, 2.75) is 9.24 Å². The Morgan fingerprint density at radius 3 is 2.90 bits per heavy atom. The smallest absolute Gasteiger partial charge is 0.155 e. The third-order valence-corrected chi connectivity index (χ3v) is 5.00. The predicted octanol–water partition coefficient (Wildman–Crippen LogP) is 4.55. The number of aromatic nitrogens is 1. The minimum atomic E-state index is 0.485. The first-order valence-corrected chi connectivity index (χ1v) is 7.70. The highest BCUT2D eigenvalue weighted by Crippen LogP contribution is 2.35. The van der Waals surface area contributed by atoms with Gasteiger partial charge in [-0.2, -0.15) is 5.26 Å². The Bertz CT molecular complexity index is 836. The van der Waals surface area contributed by atoms with E-state index in [9.17, 15) is 0 Å². The van der Waals surface area contributed by atoms with Crippen molar-refractivity contribution in [2.24, 2.45) is 0 Å². The first-order valence-electron chi connectivity index (χ1n) is 5.69. The summed E-state index contributed by atoms with van der Waals surface area (Å²) >= 11 is 9.07. The molecule has 0 aliphatic heterocycles. The quantitative estimate of drug-likeness (QED) is 0.704. The molecule has 0 atom stereocenters. The number of nitrogen functional groups attached to an aromatic ring is 1. The molecule has 3 nitrogen and oxygen atoms in total. The number of nitriles is 1. The fraction of sp³-hybridized carbons (Fsp3) is 0. The summed E-state index contributed by atoms with van der Waals surface area (Å²) in [6.07, 6.45) is 0. The fourth-order valence-electron chi connectivity index (χ4n) is 1.72. The highest BCUT2D eigenvalue weighted by Gasteiger charge is 2.08. The van der Waals surface area contributed by atoms with Crippen LogP contribution in [0.15, 0.2) is 45.6 Å². The zero-order valence-corrected chi connectivity index (χ0v) is 12.5. The Balaban J connectivity index is 1.95. The molecule has 3 aromatic rings. The molecule has 0 amide bonds. The van der Waals surface area contributed by atoms with Crippen LogP contribution in [0.1, 0.15) is 5.56 Å². The molecule has 0 saturated carbocycles. The molecule has 1 aromatic heterocycles. The van der Waals surface area contributed by atoms with E-state index < -0.39 is 0 Å². The van der Waals surface area contributed by atoms with Crippen molar-refractivity contribution in [3.05, 3.63) is 47.0 Å². The molecule has 0 bridgehead atoms. The van der Waals surface area contributed by atoms with Crippen LogP contribution >= 0.6 is 34.7 Å². The molecular formula is C14H8ClN3S2. The van der Waals surface area contributed by atoms with E-state index >= 15 is 0 Å². The zero-order valence-electron chi connectivity index (χ0n) is 10.1. The highest BCUT2D eigenvalue weighted by molar-refractivity contribution is 8.01. The van der Waals surface area contributed by atoms with Crippen LogP contribution < -0.4 is 5.73 Å². The largest absolute Gasteiger partial charge is 0.398 e. The van der Waals surface area contributed by atoms with Gasteiger partial charge in [-0.15, -0.1) is 11.3 Å². The Labute approximate surface area is 129 Å². The maximum atomic E-state index is 8.99. The SMILES string of the molecule is N#Cc1cc(Sc2nc3cc(Cl)ccc3s2)ccc1N. The van der Waals surface area contributed by atoms with Gasteiger partial charge in [0, 0.05) is 15.6 Å². The second-order valence-corrected chi connectivity index (χ2v) is 6.84. The summed E-state index contributed by atoms with van der Waals surface area (Å²) < 4.78 is 2.00. The van der Waals surface area contributed by atoms with Crippen molar-refractivity contribution in [1.29, 1.82) is 5.26 Å². The van der Waals surface area contributed by atoms with Crippen molar-refractivity contribution in [3.63, 3.8) is 0 Å². The molecular weight excluding hydrogens is 310 g/mol. The van der Waals surface area contributed by atoms with Gasteiger partial charge in [0.15, 0.2) is 4.34 Å². The summed E-state index contributed by atoms with van der Waals surface area (Å²) in [7, 11) is 0. The van der Waals surface area contributed by atoms with Crippen molar-refractivity contribution in [2.75, 3.05) is 5.73 Å². The van der Waals surface area contributed by atoms with E-state index in [1.807, 2.05) is 24.3 Å². The molecule has 6 heteroatoms. The number of rotatable bonds is 2.